The highest BCUT2D eigenvalue weighted by Gasteiger charge is 1.95. The number of ether oxygens (including phenoxy) is 1. The molecule has 0 aromatic heterocycles. The van der Waals surface area contributed by atoms with Crippen LogP contribution in [0.5, 0.6) is 5.75 Å². The van der Waals surface area contributed by atoms with Gasteiger partial charge in [-0.05, 0) is 38.3 Å². The second-order valence-electron chi connectivity index (χ2n) is 5.57. The van der Waals surface area contributed by atoms with Crippen LogP contribution in [0.3, 0.4) is 0 Å². The SMILES string of the molecule is C=CCCCCCCCCCCOc1ccc(C)cc1. The van der Waals surface area contributed by atoms with E-state index in [4.69, 9.17) is 4.74 Å². The molecule has 0 spiro atoms. The summed E-state index contributed by atoms with van der Waals surface area (Å²) in [6, 6.07) is 8.31. The van der Waals surface area contributed by atoms with E-state index in [0.29, 0.717) is 0 Å². The molecule has 0 fully saturated rings. The zero-order valence-corrected chi connectivity index (χ0v) is 13.1. The molecule has 0 aliphatic carbocycles. The molecule has 0 aliphatic rings. The Hall–Kier alpha value is -1.24. The summed E-state index contributed by atoms with van der Waals surface area (Å²) in [5.74, 6) is 0.998. The Morgan fingerprint density at radius 3 is 2.00 bits per heavy atom. The lowest BCUT2D eigenvalue weighted by Gasteiger charge is -2.06. The van der Waals surface area contributed by atoms with E-state index in [1.165, 1.54) is 63.4 Å². The Morgan fingerprint density at radius 2 is 1.40 bits per heavy atom. The van der Waals surface area contributed by atoms with Crippen molar-refractivity contribution in [2.24, 2.45) is 0 Å². The molecule has 1 aromatic rings. The Bertz CT molecular complexity index is 339. The maximum atomic E-state index is 5.72. The van der Waals surface area contributed by atoms with E-state index in [0.717, 1.165) is 12.4 Å². The fourth-order valence-corrected chi connectivity index (χ4v) is 2.28. The van der Waals surface area contributed by atoms with Crippen LogP contribution in [0.2, 0.25) is 0 Å². The molecule has 0 unspecified atom stereocenters. The minimum atomic E-state index is 0.850. The highest BCUT2D eigenvalue weighted by atomic mass is 16.5. The van der Waals surface area contributed by atoms with Crippen molar-refractivity contribution in [1.82, 2.24) is 0 Å². The smallest absolute Gasteiger partial charge is 0.119 e. The number of benzene rings is 1. The molecule has 0 radical (unpaired) electrons. The zero-order chi connectivity index (χ0) is 14.5. The van der Waals surface area contributed by atoms with Crippen LogP contribution in [0, 0.1) is 6.92 Å². The maximum Gasteiger partial charge on any atom is 0.119 e. The van der Waals surface area contributed by atoms with Crippen LogP contribution in [0.15, 0.2) is 36.9 Å². The average Bonchev–Trinajstić information content (AvgIpc) is 2.47. The predicted octanol–water partition coefficient (Wildman–Crippen LogP) is 6.07. The van der Waals surface area contributed by atoms with Gasteiger partial charge in [-0.2, -0.15) is 0 Å². The summed E-state index contributed by atoms with van der Waals surface area (Å²) in [6.45, 7) is 6.70. The maximum absolute atomic E-state index is 5.72. The van der Waals surface area contributed by atoms with Crippen molar-refractivity contribution in [2.45, 2.75) is 64.7 Å². The van der Waals surface area contributed by atoms with Gasteiger partial charge in [-0.15, -0.1) is 6.58 Å². The van der Waals surface area contributed by atoms with Gasteiger partial charge in [0.15, 0.2) is 0 Å². The van der Waals surface area contributed by atoms with Gasteiger partial charge in [-0.1, -0.05) is 62.3 Å². The van der Waals surface area contributed by atoms with Gasteiger partial charge < -0.3 is 4.74 Å². The lowest BCUT2D eigenvalue weighted by molar-refractivity contribution is 0.304. The molecular formula is C19H30O. The molecule has 1 aromatic carbocycles. The van der Waals surface area contributed by atoms with E-state index >= 15 is 0 Å². The molecule has 0 amide bonds. The van der Waals surface area contributed by atoms with E-state index in [1.54, 1.807) is 0 Å². The van der Waals surface area contributed by atoms with E-state index in [2.05, 4.69) is 37.8 Å². The van der Waals surface area contributed by atoms with Crippen LogP contribution >= 0.6 is 0 Å². The lowest BCUT2D eigenvalue weighted by atomic mass is 10.1. The normalized spacial score (nSPS) is 10.4. The highest BCUT2D eigenvalue weighted by molar-refractivity contribution is 5.26. The number of hydrogen-bond acceptors (Lipinski definition) is 1. The summed E-state index contributed by atoms with van der Waals surface area (Å²) >= 11 is 0. The molecule has 1 rings (SSSR count). The van der Waals surface area contributed by atoms with Gasteiger partial charge >= 0.3 is 0 Å². The molecule has 0 bridgehead atoms. The molecule has 0 atom stereocenters. The molecular weight excluding hydrogens is 244 g/mol. The van der Waals surface area contributed by atoms with E-state index in [-0.39, 0.29) is 0 Å². The second kappa shape index (κ2) is 11.6. The number of hydrogen-bond donors (Lipinski definition) is 0. The van der Waals surface area contributed by atoms with Gasteiger partial charge in [0.1, 0.15) is 5.75 Å². The van der Waals surface area contributed by atoms with Gasteiger partial charge in [0.05, 0.1) is 6.61 Å². The number of aryl methyl sites for hydroxylation is 1. The number of allylic oxidation sites excluding steroid dienone is 1. The second-order valence-corrected chi connectivity index (χ2v) is 5.57. The quantitative estimate of drug-likeness (QED) is 0.332. The third kappa shape index (κ3) is 8.79. The van der Waals surface area contributed by atoms with Crippen LogP contribution in [-0.4, -0.2) is 6.61 Å². The van der Waals surface area contributed by atoms with Crippen molar-refractivity contribution in [1.29, 1.82) is 0 Å². The van der Waals surface area contributed by atoms with Gasteiger partial charge in [0.2, 0.25) is 0 Å². The minimum Gasteiger partial charge on any atom is -0.494 e. The van der Waals surface area contributed by atoms with Gasteiger partial charge in [-0.3, -0.25) is 0 Å². The van der Waals surface area contributed by atoms with Crippen LogP contribution in [-0.2, 0) is 0 Å². The first-order chi connectivity index (χ1) is 9.83. The Morgan fingerprint density at radius 1 is 0.850 bits per heavy atom. The Kier molecular flexibility index (Phi) is 9.73. The molecule has 0 saturated heterocycles. The van der Waals surface area contributed by atoms with Gasteiger partial charge in [0.25, 0.3) is 0 Å². The van der Waals surface area contributed by atoms with Gasteiger partial charge in [-0.25, -0.2) is 0 Å². The topological polar surface area (TPSA) is 9.23 Å². The van der Waals surface area contributed by atoms with Crippen molar-refractivity contribution >= 4 is 0 Å². The van der Waals surface area contributed by atoms with Crippen molar-refractivity contribution in [3.63, 3.8) is 0 Å². The molecule has 0 heterocycles. The largest absolute Gasteiger partial charge is 0.494 e. The Labute approximate surface area is 125 Å². The monoisotopic (exact) mass is 274 g/mol. The first-order valence-electron chi connectivity index (χ1n) is 8.13. The van der Waals surface area contributed by atoms with Gasteiger partial charge in [0, 0.05) is 0 Å². The average molecular weight is 274 g/mol. The van der Waals surface area contributed by atoms with Crippen molar-refractivity contribution < 1.29 is 4.74 Å². The first-order valence-corrected chi connectivity index (χ1v) is 8.13. The summed E-state index contributed by atoms with van der Waals surface area (Å²) in [4.78, 5) is 0. The molecule has 112 valence electrons. The molecule has 0 saturated carbocycles. The molecule has 1 nitrogen and oxygen atoms in total. The van der Waals surface area contributed by atoms with Crippen LogP contribution in [0.1, 0.15) is 63.4 Å². The summed E-state index contributed by atoms with van der Waals surface area (Å²) in [6.07, 6.45) is 13.8. The molecule has 0 N–H and O–H groups in total. The number of rotatable bonds is 12. The first kappa shape index (κ1) is 16.8. The predicted molar refractivity (Wildman–Crippen MR) is 88.4 cm³/mol. The van der Waals surface area contributed by atoms with Crippen molar-refractivity contribution in [2.75, 3.05) is 6.61 Å². The molecule has 1 heteroatoms. The van der Waals surface area contributed by atoms with E-state index in [9.17, 15) is 0 Å². The molecule has 20 heavy (non-hydrogen) atoms. The summed E-state index contributed by atoms with van der Waals surface area (Å²) < 4.78 is 5.72. The highest BCUT2D eigenvalue weighted by Crippen LogP contribution is 2.13. The molecule has 0 aliphatic heterocycles. The Balaban J connectivity index is 1.85. The lowest BCUT2D eigenvalue weighted by Crippen LogP contribution is -1.97. The standard InChI is InChI=1S/C19H30O/c1-3-4-5-6-7-8-9-10-11-12-17-20-19-15-13-18(2)14-16-19/h3,13-16H,1,4-12,17H2,2H3. The van der Waals surface area contributed by atoms with Crippen molar-refractivity contribution in [3.8, 4) is 5.75 Å². The minimum absolute atomic E-state index is 0.850. The fraction of sp³-hybridized carbons (Fsp3) is 0.579. The fourth-order valence-electron chi connectivity index (χ4n) is 2.28. The summed E-state index contributed by atoms with van der Waals surface area (Å²) in [7, 11) is 0. The van der Waals surface area contributed by atoms with E-state index < -0.39 is 0 Å². The number of unbranched alkanes of at least 4 members (excludes halogenated alkanes) is 8. The van der Waals surface area contributed by atoms with Crippen LogP contribution in [0.4, 0.5) is 0 Å². The van der Waals surface area contributed by atoms with E-state index in [1.807, 2.05) is 6.08 Å². The van der Waals surface area contributed by atoms with Crippen LogP contribution < -0.4 is 4.74 Å². The zero-order valence-electron chi connectivity index (χ0n) is 13.1. The third-order valence-corrected chi connectivity index (χ3v) is 3.59. The third-order valence-electron chi connectivity index (χ3n) is 3.59. The van der Waals surface area contributed by atoms with Crippen molar-refractivity contribution in [3.05, 3.63) is 42.5 Å². The summed E-state index contributed by atoms with van der Waals surface area (Å²) in [5.41, 5.74) is 1.28. The van der Waals surface area contributed by atoms with Crippen LogP contribution in [0.25, 0.3) is 0 Å². The summed E-state index contributed by atoms with van der Waals surface area (Å²) in [5, 5.41) is 0.